The SMILES string of the molecule is N=C(N)c1ccc(NC(=O)C(C(=O)NCc2ccccc2-c2ccccc2)c2ccccc2)cc1.O=CO. The van der Waals surface area contributed by atoms with Crippen LogP contribution >= 0.6 is 0 Å². The van der Waals surface area contributed by atoms with Gasteiger partial charge in [-0.05, 0) is 46.5 Å². The predicted molar refractivity (Wildman–Crippen MR) is 148 cm³/mol. The summed E-state index contributed by atoms with van der Waals surface area (Å²) in [5.74, 6) is -1.93. The molecule has 38 heavy (non-hydrogen) atoms. The van der Waals surface area contributed by atoms with E-state index in [9.17, 15) is 9.59 Å². The monoisotopic (exact) mass is 508 g/mol. The number of rotatable bonds is 8. The van der Waals surface area contributed by atoms with Crippen LogP contribution in [0.3, 0.4) is 0 Å². The fourth-order valence-electron chi connectivity index (χ4n) is 3.87. The summed E-state index contributed by atoms with van der Waals surface area (Å²) in [6.07, 6.45) is 0. The number of nitrogen functional groups attached to an aromatic ring is 1. The molecule has 0 spiro atoms. The lowest BCUT2D eigenvalue weighted by Gasteiger charge is -2.18. The smallest absolute Gasteiger partial charge is 0.290 e. The molecular weight excluding hydrogens is 480 g/mol. The molecule has 0 aliphatic carbocycles. The number of hydrogen-bond donors (Lipinski definition) is 5. The third-order valence-electron chi connectivity index (χ3n) is 5.68. The molecule has 0 aromatic heterocycles. The van der Waals surface area contributed by atoms with Crippen molar-refractivity contribution in [3.8, 4) is 11.1 Å². The molecule has 8 nitrogen and oxygen atoms in total. The average molecular weight is 509 g/mol. The first-order valence-corrected chi connectivity index (χ1v) is 11.7. The summed E-state index contributed by atoms with van der Waals surface area (Å²) < 4.78 is 0. The molecule has 4 aromatic carbocycles. The number of anilines is 1. The van der Waals surface area contributed by atoms with Gasteiger partial charge >= 0.3 is 0 Å². The number of carboxylic acid groups (broad SMARTS) is 1. The third kappa shape index (κ3) is 7.38. The normalized spacial score (nSPS) is 10.7. The Kier molecular flexibility index (Phi) is 9.89. The van der Waals surface area contributed by atoms with Gasteiger partial charge in [0, 0.05) is 17.8 Å². The predicted octanol–water partition coefficient (Wildman–Crippen LogP) is 4.38. The van der Waals surface area contributed by atoms with Crippen LogP contribution in [0.5, 0.6) is 0 Å². The van der Waals surface area contributed by atoms with Crippen LogP contribution in [-0.2, 0) is 20.9 Å². The maximum absolute atomic E-state index is 13.3. The number of benzene rings is 4. The van der Waals surface area contributed by atoms with E-state index in [0.717, 1.165) is 16.7 Å². The molecule has 0 heterocycles. The van der Waals surface area contributed by atoms with Crippen LogP contribution < -0.4 is 16.4 Å². The maximum atomic E-state index is 13.3. The molecule has 4 rings (SSSR count). The van der Waals surface area contributed by atoms with Gasteiger partial charge < -0.3 is 21.5 Å². The highest BCUT2D eigenvalue weighted by molar-refractivity contribution is 6.11. The molecule has 192 valence electrons. The molecule has 0 saturated heterocycles. The van der Waals surface area contributed by atoms with Gasteiger partial charge in [-0.25, -0.2) is 0 Å². The van der Waals surface area contributed by atoms with Crippen LogP contribution in [0.4, 0.5) is 5.69 Å². The van der Waals surface area contributed by atoms with Crippen molar-refractivity contribution in [3.63, 3.8) is 0 Å². The van der Waals surface area contributed by atoms with Crippen molar-refractivity contribution in [1.82, 2.24) is 5.32 Å². The van der Waals surface area contributed by atoms with E-state index in [1.807, 2.05) is 60.7 Å². The highest BCUT2D eigenvalue weighted by atomic mass is 16.3. The van der Waals surface area contributed by atoms with Gasteiger partial charge in [0.05, 0.1) is 0 Å². The number of hydrogen-bond acceptors (Lipinski definition) is 4. The summed E-state index contributed by atoms with van der Waals surface area (Å²) in [6.45, 7) is 0.0355. The quantitative estimate of drug-likeness (QED) is 0.104. The van der Waals surface area contributed by atoms with E-state index in [1.54, 1.807) is 48.5 Å². The highest BCUT2D eigenvalue weighted by Gasteiger charge is 2.28. The Morgan fingerprint density at radius 2 is 1.37 bits per heavy atom. The van der Waals surface area contributed by atoms with Crippen molar-refractivity contribution in [1.29, 1.82) is 5.41 Å². The lowest BCUT2D eigenvalue weighted by atomic mass is 9.96. The molecule has 4 aromatic rings. The van der Waals surface area contributed by atoms with Crippen molar-refractivity contribution in [2.45, 2.75) is 12.5 Å². The number of carbonyl (C=O) groups is 3. The first-order chi connectivity index (χ1) is 18.4. The molecule has 0 radical (unpaired) electrons. The van der Waals surface area contributed by atoms with Gasteiger partial charge in [0.1, 0.15) is 11.8 Å². The summed E-state index contributed by atoms with van der Waals surface area (Å²) in [4.78, 5) is 34.9. The average Bonchev–Trinajstić information content (AvgIpc) is 2.94. The van der Waals surface area contributed by atoms with Crippen LogP contribution in [0.15, 0.2) is 109 Å². The number of amides is 2. The van der Waals surface area contributed by atoms with Crippen molar-refractivity contribution >= 4 is 29.8 Å². The van der Waals surface area contributed by atoms with E-state index < -0.39 is 17.7 Å². The van der Waals surface area contributed by atoms with E-state index in [-0.39, 0.29) is 18.9 Å². The minimum absolute atomic E-state index is 0.0554. The maximum Gasteiger partial charge on any atom is 0.290 e. The van der Waals surface area contributed by atoms with Gasteiger partial charge in [-0.1, -0.05) is 84.9 Å². The van der Waals surface area contributed by atoms with E-state index in [4.69, 9.17) is 21.0 Å². The lowest BCUT2D eigenvalue weighted by Crippen LogP contribution is -2.36. The first kappa shape index (κ1) is 27.3. The molecule has 1 atom stereocenters. The highest BCUT2D eigenvalue weighted by Crippen LogP contribution is 2.24. The molecule has 0 fully saturated rings. The van der Waals surface area contributed by atoms with E-state index in [2.05, 4.69) is 10.6 Å². The van der Waals surface area contributed by atoms with Crippen molar-refractivity contribution in [2.24, 2.45) is 5.73 Å². The third-order valence-corrected chi connectivity index (χ3v) is 5.68. The zero-order valence-corrected chi connectivity index (χ0v) is 20.5. The summed E-state index contributed by atoms with van der Waals surface area (Å²) in [5, 5.41) is 20.2. The van der Waals surface area contributed by atoms with Crippen molar-refractivity contribution in [2.75, 3.05) is 5.32 Å². The molecular formula is C30H28N4O4. The van der Waals surface area contributed by atoms with Crippen LogP contribution in [0.2, 0.25) is 0 Å². The molecule has 2 amide bonds. The zero-order valence-electron chi connectivity index (χ0n) is 20.5. The largest absolute Gasteiger partial charge is 0.483 e. The topological polar surface area (TPSA) is 145 Å². The lowest BCUT2D eigenvalue weighted by molar-refractivity contribution is -0.129. The molecule has 1 unspecified atom stereocenters. The Morgan fingerprint density at radius 1 is 0.816 bits per heavy atom. The summed E-state index contributed by atoms with van der Waals surface area (Å²) in [7, 11) is 0. The van der Waals surface area contributed by atoms with Gasteiger partial charge in [-0.3, -0.25) is 19.8 Å². The van der Waals surface area contributed by atoms with Gasteiger partial charge in [-0.2, -0.15) is 0 Å². The van der Waals surface area contributed by atoms with E-state index >= 15 is 0 Å². The molecule has 0 aliphatic rings. The standard InChI is InChI=1S/C29H26N4O2.CH2O2/c30-27(31)22-15-17-24(18-16-22)33-29(35)26(21-11-5-2-6-12-21)28(34)32-19-23-13-7-8-14-25(23)20-9-3-1-4-10-20;2-1-3/h1-18,26H,19H2,(H3,30,31)(H,32,34)(H,33,35);1H,(H,2,3). The summed E-state index contributed by atoms with van der Waals surface area (Å²) in [6, 6.07) is 33.4. The van der Waals surface area contributed by atoms with Gasteiger partial charge in [0.25, 0.3) is 6.47 Å². The fourth-order valence-corrected chi connectivity index (χ4v) is 3.87. The number of amidine groups is 1. The van der Waals surface area contributed by atoms with E-state index in [0.29, 0.717) is 16.8 Å². The summed E-state index contributed by atoms with van der Waals surface area (Å²) in [5.41, 5.74) is 10.2. The Hall–Kier alpha value is -5.24. The minimum atomic E-state index is -1.03. The van der Waals surface area contributed by atoms with Gasteiger partial charge in [-0.15, -0.1) is 0 Å². The molecule has 6 N–H and O–H groups in total. The number of nitrogens with one attached hydrogen (secondary N) is 3. The molecule has 0 saturated carbocycles. The first-order valence-electron chi connectivity index (χ1n) is 11.7. The van der Waals surface area contributed by atoms with Crippen molar-refractivity contribution < 1.29 is 19.5 Å². The number of nitrogens with two attached hydrogens (primary N) is 1. The second-order valence-electron chi connectivity index (χ2n) is 8.17. The number of carbonyl (C=O) groups excluding carboxylic acids is 2. The Labute approximate surface area is 220 Å². The molecule has 0 bridgehead atoms. The van der Waals surface area contributed by atoms with Gasteiger partial charge in [0.15, 0.2) is 0 Å². The zero-order chi connectivity index (χ0) is 27.3. The van der Waals surface area contributed by atoms with E-state index in [1.165, 1.54) is 0 Å². The minimum Gasteiger partial charge on any atom is -0.483 e. The van der Waals surface area contributed by atoms with Crippen LogP contribution in [-0.4, -0.2) is 29.2 Å². The van der Waals surface area contributed by atoms with Crippen LogP contribution in [0, 0.1) is 5.41 Å². The van der Waals surface area contributed by atoms with Crippen LogP contribution in [0.1, 0.15) is 22.6 Å². The van der Waals surface area contributed by atoms with Crippen LogP contribution in [0.25, 0.3) is 11.1 Å². The van der Waals surface area contributed by atoms with Gasteiger partial charge in [0.2, 0.25) is 11.8 Å². The molecule has 0 aliphatic heterocycles. The second-order valence-corrected chi connectivity index (χ2v) is 8.17. The summed E-state index contributed by atoms with van der Waals surface area (Å²) >= 11 is 0. The molecule has 8 heteroatoms. The van der Waals surface area contributed by atoms with Crippen molar-refractivity contribution in [3.05, 3.63) is 126 Å². The second kappa shape index (κ2) is 13.7. The Balaban J connectivity index is 0.00000127. The Bertz CT molecular complexity index is 1370. The Morgan fingerprint density at radius 3 is 1.97 bits per heavy atom. The fraction of sp³-hybridized carbons (Fsp3) is 0.0667.